The van der Waals surface area contributed by atoms with Crippen molar-refractivity contribution >= 4 is 39.3 Å². The third-order valence-corrected chi connectivity index (χ3v) is 4.43. The van der Waals surface area contributed by atoms with Gasteiger partial charge in [-0.05, 0) is 41.1 Å². The van der Waals surface area contributed by atoms with E-state index in [4.69, 9.17) is 0 Å². The highest BCUT2D eigenvalue weighted by molar-refractivity contribution is 6.11. The van der Waals surface area contributed by atoms with E-state index in [1.54, 1.807) is 18.5 Å². The van der Waals surface area contributed by atoms with Crippen molar-refractivity contribution < 1.29 is 9.90 Å². The fourth-order valence-corrected chi connectivity index (χ4v) is 3.05. The lowest BCUT2D eigenvalue weighted by Crippen LogP contribution is -1.98. The first kappa shape index (κ1) is 16.1. The number of carboxylic acids is 1. The molecule has 0 fully saturated rings. The van der Waals surface area contributed by atoms with Crippen LogP contribution in [0.5, 0.6) is 0 Å². The summed E-state index contributed by atoms with van der Waals surface area (Å²) in [5.74, 6) is 0.0526. The Morgan fingerprint density at radius 2 is 2.00 bits per heavy atom. The van der Waals surface area contributed by atoms with Crippen molar-refractivity contribution in [1.29, 1.82) is 0 Å². The predicted octanol–water partition coefficient (Wildman–Crippen LogP) is 4.68. The zero-order chi connectivity index (χ0) is 18.3. The van der Waals surface area contributed by atoms with Crippen LogP contribution >= 0.6 is 0 Å². The van der Waals surface area contributed by atoms with Crippen LogP contribution in [-0.2, 0) is 0 Å². The van der Waals surface area contributed by atoms with E-state index in [0.29, 0.717) is 17.4 Å². The minimum absolute atomic E-state index is 0.115. The molecule has 0 radical (unpaired) electrons. The molecule has 4 aromatic rings. The Balaban J connectivity index is 1.88. The largest absolute Gasteiger partial charge is 0.477 e. The van der Waals surface area contributed by atoms with Gasteiger partial charge in [-0.1, -0.05) is 26.0 Å². The van der Waals surface area contributed by atoms with Crippen LogP contribution in [0, 0.1) is 0 Å². The highest BCUT2D eigenvalue weighted by Gasteiger charge is 2.14. The monoisotopic (exact) mass is 346 g/mol. The number of fused-ring (bicyclic) bond motifs is 3. The van der Waals surface area contributed by atoms with Crippen molar-refractivity contribution in [2.45, 2.75) is 19.8 Å². The second kappa shape index (κ2) is 6.15. The van der Waals surface area contributed by atoms with E-state index in [1.807, 2.05) is 18.2 Å². The quantitative estimate of drug-likeness (QED) is 0.499. The van der Waals surface area contributed by atoms with Gasteiger partial charge in [0, 0.05) is 28.9 Å². The molecule has 0 amide bonds. The van der Waals surface area contributed by atoms with Crippen molar-refractivity contribution in [2.24, 2.45) is 0 Å². The number of rotatable bonds is 4. The Bertz CT molecular complexity index is 1130. The first-order chi connectivity index (χ1) is 12.5. The van der Waals surface area contributed by atoms with Crippen LogP contribution in [-0.4, -0.2) is 26.0 Å². The summed E-state index contributed by atoms with van der Waals surface area (Å²) < 4.78 is 0. The van der Waals surface area contributed by atoms with E-state index in [9.17, 15) is 9.90 Å². The predicted molar refractivity (Wildman–Crippen MR) is 102 cm³/mol. The number of carboxylic acid groups (broad SMARTS) is 1. The number of carbonyl (C=O) groups is 1. The van der Waals surface area contributed by atoms with Crippen molar-refractivity contribution in [3.63, 3.8) is 0 Å². The molecule has 0 spiro atoms. The minimum atomic E-state index is -1.01. The van der Waals surface area contributed by atoms with Gasteiger partial charge >= 0.3 is 5.97 Å². The maximum atomic E-state index is 11.3. The summed E-state index contributed by atoms with van der Waals surface area (Å²) in [6.45, 7) is 4.30. The molecule has 0 atom stereocenters. The highest BCUT2D eigenvalue weighted by atomic mass is 16.4. The average molecular weight is 346 g/mol. The molecule has 0 saturated carbocycles. The van der Waals surface area contributed by atoms with E-state index in [2.05, 4.69) is 46.2 Å². The summed E-state index contributed by atoms with van der Waals surface area (Å²) in [4.78, 5) is 23.0. The van der Waals surface area contributed by atoms with Crippen LogP contribution < -0.4 is 5.32 Å². The van der Waals surface area contributed by atoms with Gasteiger partial charge in [0.2, 0.25) is 0 Å². The molecule has 0 aliphatic rings. The Morgan fingerprint density at radius 1 is 1.15 bits per heavy atom. The average Bonchev–Trinajstić information content (AvgIpc) is 3.07. The zero-order valence-corrected chi connectivity index (χ0v) is 14.4. The van der Waals surface area contributed by atoms with Gasteiger partial charge in [0.25, 0.3) is 0 Å². The molecule has 3 N–H and O–H groups in total. The molecule has 6 heteroatoms. The van der Waals surface area contributed by atoms with Gasteiger partial charge < -0.3 is 15.4 Å². The molecule has 0 unspecified atom stereocenters. The van der Waals surface area contributed by atoms with Crippen LogP contribution in [0.4, 0.5) is 11.5 Å². The van der Waals surface area contributed by atoms with Crippen LogP contribution in [0.15, 0.2) is 48.8 Å². The third kappa shape index (κ3) is 2.75. The Hall–Kier alpha value is -3.41. The van der Waals surface area contributed by atoms with Crippen LogP contribution in [0.2, 0.25) is 0 Å². The lowest BCUT2D eigenvalue weighted by molar-refractivity contribution is 0.0691. The number of nitrogens with zero attached hydrogens (tertiary/aromatic N) is 2. The maximum Gasteiger partial charge on any atom is 0.352 e. The van der Waals surface area contributed by atoms with Crippen LogP contribution in [0.25, 0.3) is 21.8 Å². The summed E-state index contributed by atoms with van der Waals surface area (Å²) in [6.07, 6.45) is 3.43. The highest BCUT2D eigenvalue weighted by Crippen LogP contribution is 2.31. The number of aromatic carboxylic acids is 1. The lowest BCUT2D eigenvalue weighted by Gasteiger charge is -2.12. The Kier molecular flexibility index (Phi) is 3.80. The number of pyridine rings is 2. The molecule has 3 aromatic heterocycles. The lowest BCUT2D eigenvalue weighted by atomic mass is 10.0. The van der Waals surface area contributed by atoms with Crippen molar-refractivity contribution in [3.05, 3.63) is 60.0 Å². The van der Waals surface area contributed by atoms with Crippen LogP contribution in [0.1, 0.15) is 35.8 Å². The van der Waals surface area contributed by atoms with E-state index in [0.717, 1.165) is 21.8 Å². The number of H-pyrrole nitrogens is 1. The van der Waals surface area contributed by atoms with Gasteiger partial charge in [-0.15, -0.1) is 0 Å². The number of benzene rings is 1. The Labute approximate surface area is 149 Å². The SMILES string of the molecule is CC(C)c1cccc(Nc2nc3[nH]c(C(=O)O)cc3c3ccncc23)c1. The number of nitrogens with one attached hydrogen (secondary N) is 2. The van der Waals surface area contributed by atoms with Gasteiger partial charge in [-0.2, -0.15) is 0 Å². The van der Waals surface area contributed by atoms with E-state index < -0.39 is 5.97 Å². The molecule has 6 nitrogen and oxygen atoms in total. The third-order valence-electron chi connectivity index (χ3n) is 4.43. The normalized spacial score (nSPS) is 11.3. The van der Waals surface area contributed by atoms with Crippen molar-refractivity contribution in [2.75, 3.05) is 5.32 Å². The molecule has 0 aliphatic heterocycles. The van der Waals surface area contributed by atoms with Gasteiger partial charge in [0.15, 0.2) is 0 Å². The summed E-state index contributed by atoms with van der Waals surface area (Å²) in [6, 6.07) is 11.7. The second-order valence-electron chi connectivity index (χ2n) is 6.54. The number of aromatic amines is 1. The second-order valence-corrected chi connectivity index (χ2v) is 6.54. The summed E-state index contributed by atoms with van der Waals surface area (Å²) in [5.41, 5.74) is 2.80. The van der Waals surface area contributed by atoms with Crippen molar-refractivity contribution in [3.8, 4) is 0 Å². The first-order valence-electron chi connectivity index (χ1n) is 8.39. The first-order valence-corrected chi connectivity index (χ1v) is 8.39. The number of aromatic nitrogens is 3. The summed E-state index contributed by atoms with van der Waals surface area (Å²) >= 11 is 0. The molecule has 0 bridgehead atoms. The summed E-state index contributed by atoms with van der Waals surface area (Å²) in [7, 11) is 0. The molecule has 0 aliphatic carbocycles. The topological polar surface area (TPSA) is 90.9 Å². The molecule has 0 saturated heterocycles. The standard InChI is InChI=1S/C20H18N4O2/c1-11(2)12-4-3-5-13(8-12)22-19-16-10-21-7-6-14(16)15-9-17(20(25)26)23-18(15)24-19/h3-11H,1-2H3,(H,25,26)(H2,22,23,24). The minimum Gasteiger partial charge on any atom is -0.477 e. The van der Waals surface area contributed by atoms with Crippen molar-refractivity contribution in [1.82, 2.24) is 15.0 Å². The Morgan fingerprint density at radius 3 is 2.77 bits per heavy atom. The fourth-order valence-electron chi connectivity index (χ4n) is 3.05. The molecule has 4 rings (SSSR count). The van der Waals surface area contributed by atoms with E-state index in [-0.39, 0.29) is 5.69 Å². The molecular weight excluding hydrogens is 328 g/mol. The number of hydrogen-bond donors (Lipinski definition) is 3. The van der Waals surface area contributed by atoms with Gasteiger partial charge in [-0.3, -0.25) is 4.98 Å². The van der Waals surface area contributed by atoms with Gasteiger partial charge in [0.05, 0.1) is 0 Å². The molecule has 3 heterocycles. The maximum absolute atomic E-state index is 11.3. The summed E-state index contributed by atoms with van der Waals surface area (Å²) in [5, 5.41) is 15.1. The van der Waals surface area contributed by atoms with Crippen LogP contribution in [0.3, 0.4) is 0 Å². The van der Waals surface area contributed by atoms with E-state index >= 15 is 0 Å². The van der Waals surface area contributed by atoms with Gasteiger partial charge in [0.1, 0.15) is 17.2 Å². The number of anilines is 2. The van der Waals surface area contributed by atoms with Gasteiger partial charge in [-0.25, -0.2) is 9.78 Å². The number of hydrogen-bond acceptors (Lipinski definition) is 4. The molecule has 130 valence electrons. The molecular formula is C20H18N4O2. The smallest absolute Gasteiger partial charge is 0.352 e. The van der Waals surface area contributed by atoms with E-state index in [1.165, 1.54) is 5.56 Å². The molecule has 1 aromatic carbocycles. The zero-order valence-electron chi connectivity index (χ0n) is 14.4. The fraction of sp³-hybridized carbons (Fsp3) is 0.150. The molecule has 26 heavy (non-hydrogen) atoms.